The normalized spacial score (nSPS) is 23.4. The Kier molecular flexibility index (Phi) is 4.53. The fourth-order valence-electron chi connectivity index (χ4n) is 4.00. The Morgan fingerprint density at radius 1 is 1.09 bits per heavy atom. The van der Waals surface area contributed by atoms with Gasteiger partial charge >= 0.3 is 0 Å². The van der Waals surface area contributed by atoms with Gasteiger partial charge in [-0.05, 0) is 53.0 Å². The number of piperidine rings is 1. The Bertz CT molecular complexity index is 595. The smallest absolute Gasteiger partial charge is 0.234 e. The van der Waals surface area contributed by atoms with E-state index in [2.05, 4.69) is 26.7 Å². The molecule has 3 heterocycles. The van der Waals surface area contributed by atoms with Gasteiger partial charge in [-0.1, -0.05) is 0 Å². The number of carbonyl (C=O) groups is 1. The minimum Gasteiger partial charge on any atom is -0.368 e. The average Bonchev–Trinajstić information content (AvgIpc) is 3.01. The van der Waals surface area contributed by atoms with Crippen LogP contribution in [0, 0.1) is 20.8 Å². The number of nitrogens with zero attached hydrogens (tertiary/aromatic N) is 4. The Balaban J connectivity index is 1.68. The molecule has 2 N–H and O–H groups in total. The van der Waals surface area contributed by atoms with Gasteiger partial charge in [0.05, 0.1) is 6.04 Å². The summed E-state index contributed by atoms with van der Waals surface area (Å²) in [6, 6.07) is 0.410. The number of carbonyl (C=O) groups excluding carboxylic acids is 1. The van der Waals surface area contributed by atoms with E-state index in [1.54, 1.807) is 0 Å². The number of hydrogen-bond donors (Lipinski definition) is 1. The van der Waals surface area contributed by atoms with E-state index in [4.69, 9.17) is 5.73 Å². The molecule has 6 nitrogen and oxygen atoms in total. The number of primary amides is 1. The van der Waals surface area contributed by atoms with Crippen molar-refractivity contribution in [3.63, 3.8) is 0 Å². The first-order chi connectivity index (χ1) is 11.0. The zero-order chi connectivity index (χ0) is 16.6. The summed E-state index contributed by atoms with van der Waals surface area (Å²) < 4.78 is 0. The van der Waals surface area contributed by atoms with Gasteiger partial charge in [-0.3, -0.25) is 9.69 Å². The van der Waals surface area contributed by atoms with Gasteiger partial charge in [0.25, 0.3) is 0 Å². The fourth-order valence-corrected chi connectivity index (χ4v) is 4.00. The van der Waals surface area contributed by atoms with Crippen LogP contribution in [-0.4, -0.2) is 52.5 Å². The van der Waals surface area contributed by atoms with Crippen LogP contribution in [0.1, 0.15) is 42.8 Å². The lowest BCUT2D eigenvalue weighted by Crippen LogP contribution is -2.50. The summed E-state index contributed by atoms with van der Waals surface area (Å²) in [6.45, 7) is 9.04. The maximum atomic E-state index is 11.6. The SMILES string of the molecule is Cc1nc(C)c(C)c(N2CCC(N3CCCC3C(N)=O)CC2)n1. The predicted octanol–water partition coefficient (Wildman–Crippen LogP) is 1.32. The van der Waals surface area contributed by atoms with Crippen molar-refractivity contribution in [1.29, 1.82) is 0 Å². The van der Waals surface area contributed by atoms with Crippen molar-refractivity contribution in [2.75, 3.05) is 24.5 Å². The number of rotatable bonds is 3. The molecule has 0 spiro atoms. The van der Waals surface area contributed by atoms with Crippen molar-refractivity contribution < 1.29 is 4.79 Å². The highest BCUT2D eigenvalue weighted by molar-refractivity contribution is 5.80. The third-order valence-corrected chi connectivity index (χ3v) is 5.33. The van der Waals surface area contributed by atoms with Crippen molar-refractivity contribution in [1.82, 2.24) is 14.9 Å². The van der Waals surface area contributed by atoms with Crippen LogP contribution in [0.2, 0.25) is 0 Å². The molecular formula is C17H27N5O. The number of aromatic nitrogens is 2. The van der Waals surface area contributed by atoms with E-state index in [9.17, 15) is 4.79 Å². The molecule has 0 saturated carbocycles. The summed E-state index contributed by atoms with van der Waals surface area (Å²) in [5.41, 5.74) is 7.79. The van der Waals surface area contributed by atoms with Gasteiger partial charge in [0.15, 0.2) is 0 Å². The second kappa shape index (κ2) is 6.43. The lowest BCUT2D eigenvalue weighted by Gasteiger charge is -2.39. The summed E-state index contributed by atoms with van der Waals surface area (Å²) in [5, 5.41) is 0. The van der Waals surface area contributed by atoms with E-state index in [0.29, 0.717) is 6.04 Å². The molecule has 2 saturated heterocycles. The minimum absolute atomic E-state index is 0.0585. The molecule has 1 aromatic heterocycles. The Labute approximate surface area is 138 Å². The molecule has 0 bridgehead atoms. The van der Waals surface area contributed by atoms with Gasteiger partial charge < -0.3 is 10.6 Å². The van der Waals surface area contributed by atoms with Crippen molar-refractivity contribution >= 4 is 11.7 Å². The second-order valence-corrected chi connectivity index (χ2v) is 6.82. The Morgan fingerprint density at radius 2 is 1.78 bits per heavy atom. The average molecular weight is 317 g/mol. The van der Waals surface area contributed by atoms with Crippen LogP contribution >= 0.6 is 0 Å². The number of anilines is 1. The number of hydrogen-bond acceptors (Lipinski definition) is 5. The molecule has 1 aromatic rings. The van der Waals surface area contributed by atoms with Crippen LogP contribution in [0.15, 0.2) is 0 Å². The minimum atomic E-state index is -0.164. The van der Waals surface area contributed by atoms with E-state index < -0.39 is 0 Å². The van der Waals surface area contributed by atoms with E-state index in [1.807, 2.05) is 13.8 Å². The van der Waals surface area contributed by atoms with Crippen molar-refractivity contribution in [3.8, 4) is 0 Å². The summed E-state index contributed by atoms with van der Waals surface area (Å²) in [5.74, 6) is 1.74. The summed E-state index contributed by atoms with van der Waals surface area (Å²) in [6.07, 6.45) is 4.12. The van der Waals surface area contributed by atoms with Gasteiger partial charge in [-0.15, -0.1) is 0 Å². The zero-order valence-electron chi connectivity index (χ0n) is 14.4. The van der Waals surface area contributed by atoms with Crippen molar-refractivity contribution in [2.45, 2.75) is 58.5 Å². The van der Waals surface area contributed by atoms with Crippen molar-refractivity contribution in [3.05, 3.63) is 17.1 Å². The zero-order valence-corrected chi connectivity index (χ0v) is 14.4. The van der Waals surface area contributed by atoms with Gasteiger partial charge in [0.1, 0.15) is 11.6 Å². The molecule has 23 heavy (non-hydrogen) atoms. The second-order valence-electron chi connectivity index (χ2n) is 6.82. The number of amides is 1. The van der Waals surface area contributed by atoms with E-state index >= 15 is 0 Å². The lowest BCUT2D eigenvalue weighted by atomic mass is 10.0. The van der Waals surface area contributed by atoms with Crippen LogP contribution < -0.4 is 10.6 Å². The molecule has 0 aromatic carbocycles. The molecule has 2 aliphatic rings. The topological polar surface area (TPSA) is 75.3 Å². The highest BCUT2D eigenvalue weighted by Crippen LogP contribution is 2.29. The first-order valence-corrected chi connectivity index (χ1v) is 8.59. The van der Waals surface area contributed by atoms with E-state index in [1.165, 1.54) is 5.56 Å². The van der Waals surface area contributed by atoms with Crippen LogP contribution in [0.4, 0.5) is 5.82 Å². The van der Waals surface area contributed by atoms with E-state index in [0.717, 1.165) is 62.7 Å². The molecule has 1 atom stereocenters. The highest BCUT2D eigenvalue weighted by atomic mass is 16.1. The summed E-state index contributed by atoms with van der Waals surface area (Å²) in [7, 11) is 0. The van der Waals surface area contributed by atoms with Crippen LogP contribution in [0.25, 0.3) is 0 Å². The van der Waals surface area contributed by atoms with E-state index in [-0.39, 0.29) is 11.9 Å². The molecule has 0 radical (unpaired) electrons. The molecule has 1 unspecified atom stereocenters. The molecular weight excluding hydrogens is 290 g/mol. The largest absolute Gasteiger partial charge is 0.368 e. The third-order valence-electron chi connectivity index (χ3n) is 5.33. The van der Waals surface area contributed by atoms with Crippen LogP contribution in [0.5, 0.6) is 0 Å². The third kappa shape index (κ3) is 3.17. The van der Waals surface area contributed by atoms with Gasteiger partial charge in [-0.25, -0.2) is 9.97 Å². The molecule has 2 fully saturated rings. The van der Waals surface area contributed by atoms with Crippen LogP contribution in [0.3, 0.4) is 0 Å². The number of likely N-dealkylation sites (tertiary alicyclic amines) is 1. The fraction of sp³-hybridized carbons (Fsp3) is 0.706. The maximum Gasteiger partial charge on any atom is 0.234 e. The Morgan fingerprint density at radius 3 is 2.43 bits per heavy atom. The molecule has 2 aliphatic heterocycles. The first kappa shape index (κ1) is 16.2. The quantitative estimate of drug-likeness (QED) is 0.910. The summed E-state index contributed by atoms with van der Waals surface area (Å²) in [4.78, 5) is 25.4. The number of nitrogens with two attached hydrogens (primary N) is 1. The lowest BCUT2D eigenvalue weighted by molar-refractivity contribution is -0.123. The van der Waals surface area contributed by atoms with Crippen LogP contribution in [-0.2, 0) is 4.79 Å². The predicted molar refractivity (Wildman–Crippen MR) is 90.4 cm³/mol. The molecule has 6 heteroatoms. The van der Waals surface area contributed by atoms with Crippen molar-refractivity contribution in [2.24, 2.45) is 5.73 Å². The maximum absolute atomic E-state index is 11.6. The van der Waals surface area contributed by atoms with Gasteiger partial charge in [0.2, 0.25) is 5.91 Å². The molecule has 1 amide bonds. The monoisotopic (exact) mass is 317 g/mol. The first-order valence-electron chi connectivity index (χ1n) is 8.59. The van der Waals surface area contributed by atoms with Gasteiger partial charge in [0, 0.05) is 30.4 Å². The standard InChI is InChI=1S/C17H27N5O/c1-11-12(2)19-13(3)20-17(11)21-9-6-14(7-10-21)22-8-4-5-15(22)16(18)23/h14-15H,4-10H2,1-3H3,(H2,18,23). The molecule has 0 aliphatic carbocycles. The van der Waals surface area contributed by atoms with Gasteiger partial charge in [-0.2, -0.15) is 0 Å². The molecule has 126 valence electrons. The number of aryl methyl sites for hydroxylation is 2. The molecule has 3 rings (SSSR count). The Hall–Kier alpha value is -1.69. The summed E-state index contributed by atoms with van der Waals surface area (Å²) >= 11 is 0. The highest BCUT2D eigenvalue weighted by Gasteiger charge is 2.36.